The van der Waals surface area contributed by atoms with Gasteiger partial charge in [0.15, 0.2) is 6.10 Å². The molecule has 0 saturated carbocycles. The Hall–Kier alpha value is -1.82. The van der Waals surface area contributed by atoms with E-state index in [4.69, 9.17) is 9.15 Å². The zero-order valence-electron chi connectivity index (χ0n) is 18.7. The van der Waals surface area contributed by atoms with E-state index in [9.17, 15) is 14.7 Å². The van der Waals surface area contributed by atoms with Crippen LogP contribution in [-0.4, -0.2) is 50.2 Å². The SMILES string of the molecule is CCCCc1ccc(CCCCCCCC(=O)OC(CC(=O)[O-])C[N+](C)(C)C)o1. The molecule has 1 unspecified atom stereocenters. The molecule has 0 aliphatic carbocycles. The largest absolute Gasteiger partial charge is 0.550 e. The molecule has 6 nitrogen and oxygen atoms in total. The molecule has 0 aliphatic rings. The number of rotatable bonds is 16. The predicted octanol–water partition coefficient (Wildman–Crippen LogP) is 3.26. The molecule has 0 N–H and O–H groups in total. The Morgan fingerprint density at radius 1 is 1.00 bits per heavy atom. The third-order valence-electron chi connectivity index (χ3n) is 4.74. The molecule has 0 amide bonds. The lowest BCUT2D eigenvalue weighted by Crippen LogP contribution is -2.45. The molecule has 0 spiro atoms. The highest BCUT2D eigenvalue weighted by molar-refractivity contribution is 5.70. The van der Waals surface area contributed by atoms with E-state index in [-0.39, 0.29) is 12.4 Å². The number of ether oxygens (including phenoxy) is 1. The molecule has 1 heterocycles. The van der Waals surface area contributed by atoms with Gasteiger partial charge < -0.3 is 23.5 Å². The molecule has 1 atom stereocenters. The number of likely N-dealkylation sites (N-methyl/N-ethyl adjacent to an activating group) is 1. The first-order valence-corrected chi connectivity index (χ1v) is 11.0. The van der Waals surface area contributed by atoms with Crippen molar-refractivity contribution in [2.24, 2.45) is 0 Å². The van der Waals surface area contributed by atoms with E-state index < -0.39 is 12.1 Å². The maximum atomic E-state index is 12.0. The van der Waals surface area contributed by atoms with Gasteiger partial charge >= 0.3 is 5.97 Å². The Bertz CT molecular complexity index is 603. The number of carboxylic acids is 1. The Morgan fingerprint density at radius 3 is 2.17 bits per heavy atom. The maximum Gasteiger partial charge on any atom is 0.306 e. The fourth-order valence-electron chi connectivity index (χ4n) is 3.33. The Kier molecular flexibility index (Phi) is 11.7. The van der Waals surface area contributed by atoms with Crippen LogP contribution in [0.4, 0.5) is 0 Å². The number of carboxylic acid groups (broad SMARTS) is 1. The number of nitrogens with zero attached hydrogens (tertiary/aromatic N) is 1. The lowest BCUT2D eigenvalue weighted by Gasteiger charge is -2.29. The van der Waals surface area contributed by atoms with E-state index in [1.165, 1.54) is 12.8 Å². The van der Waals surface area contributed by atoms with Crippen molar-refractivity contribution in [2.45, 2.75) is 83.7 Å². The fraction of sp³-hybridized carbons (Fsp3) is 0.739. The van der Waals surface area contributed by atoms with Crippen LogP contribution in [-0.2, 0) is 27.2 Å². The van der Waals surface area contributed by atoms with Gasteiger partial charge in [0.1, 0.15) is 18.1 Å². The van der Waals surface area contributed by atoms with Crippen LogP contribution >= 0.6 is 0 Å². The molecule has 0 aromatic carbocycles. The molecule has 166 valence electrons. The summed E-state index contributed by atoms with van der Waals surface area (Å²) in [6.07, 6.45) is 8.76. The van der Waals surface area contributed by atoms with Crippen LogP contribution < -0.4 is 5.11 Å². The number of hydrogen-bond acceptors (Lipinski definition) is 5. The predicted molar refractivity (Wildman–Crippen MR) is 111 cm³/mol. The molecular weight excluding hydrogens is 370 g/mol. The van der Waals surface area contributed by atoms with Gasteiger partial charge in [-0.05, 0) is 31.4 Å². The Balaban J connectivity index is 2.14. The summed E-state index contributed by atoms with van der Waals surface area (Å²) in [5, 5.41) is 10.9. The molecule has 1 aromatic rings. The van der Waals surface area contributed by atoms with Crippen LogP contribution in [0.5, 0.6) is 0 Å². The normalized spacial score (nSPS) is 12.7. The number of carbonyl (C=O) groups excluding carboxylic acids is 2. The zero-order valence-corrected chi connectivity index (χ0v) is 18.7. The topological polar surface area (TPSA) is 79.6 Å². The lowest BCUT2D eigenvalue weighted by atomic mass is 10.1. The van der Waals surface area contributed by atoms with Gasteiger partial charge in [0.05, 0.1) is 21.1 Å². The second-order valence-corrected chi connectivity index (χ2v) is 8.90. The van der Waals surface area contributed by atoms with E-state index in [1.54, 1.807) is 0 Å². The van der Waals surface area contributed by atoms with Crippen LogP contribution in [0.25, 0.3) is 0 Å². The van der Waals surface area contributed by atoms with Gasteiger partial charge in [0, 0.05) is 31.7 Å². The third-order valence-corrected chi connectivity index (χ3v) is 4.74. The van der Waals surface area contributed by atoms with Crippen molar-refractivity contribution < 1.29 is 28.3 Å². The zero-order chi connectivity index (χ0) is 21.7. The summed E-state index contributed by atoms with van der Waals surface area (Å²) in [7, 11) is 5.81. The quantitative estimate of drug-likeness (QED) is 0.238. The number of hydrogen-bond donors (Lipinski definition) is 0. The van der Waals surface area contributed by atoms with Crippen LogP contribution in [0.3, 0.4) is 0 Å². The highest BCUT2D eigenvalue weighted by Crippen LogP contribution is 2.15. The molecule has 6 heteroatoms. The average molecular weight is 410 g/mol. The smallest absolute Gasteiger partial charge is 0.306 e. The summed E-state index contributed by atoms with van der Waals surface area (Å²) in [5.74, 6) is 0.642. The summed E-state index contributed by atoms with van der Waals surface area (Å²) >= 11 is 0. The number of quaternary nitrogens is 1. The number of carbonyl (C=O) groups is 2. The summed E-state index contributed by atoms with van der Waals surface area (Å²) in [6.45, 7) is 2.63. The molecule has 1 rings (SSSR count). The molecule has 29 heavy (non-hydrogen) atoms. The minimum absolute atomic E-state index is 0.256. The van der Waals surface area contributed by atoms with Gasteiger partial charge in [-0.25, -0.2) is 0 Å². The van der Waals surface area contributed by atoms with Gasteiger partial charge in [-0.1, -0.05) is 32.6 Å². The van der Waals surface area contributed by atoms with Crippen molar-refractivity contribution in [3.63, 3.8) is 0 Å². The van der Waals surface area contributed by atoms with Crippen molar-refractivity contribution in [2.75, 3.05) is 27.7 Å². The summed E-state index contributed by atoms with van der Waals surface area (Å²) in [5.41, 5.74) is 0. The second-order valence-electron chi connectivity index (χ2n) is 8.90. The second kappa shape index (κ2) is 13.4. The summed E-state index contributed by atoms with van der Waals surface area (Å²) in [6, 6.07) is 4.17. The van der Waals surface area contributed by atoms with E-state index in [0.717, 1.165) is 56.5 Å². The van der Waals surface area contributed by atoms with Crippen molar-refractivity contribution in [3.8, 4) is 0 Å². The fourth-order valence-corrected chi connectivity index (χ4v) is 3.33. The first-order chi connectivity index (χ1) is 13.7. The first-order valence-electron chi connectivity index (χ1n) is 11.0. The van der Waals surface area contributed by atoms with Crippen LogP contribution in [0, 0.1) is 0 Å². The van der Waals surface area contributed by atoms with Gasteiger partial charge in [0.2, 0.25) is 0 Å². The third kappa shape index (κ3) is 13.1. The molecule has 0 radical (unpaired) electrons. The highest BCUT2D eigenvalue weighted by Gasteiger charge is 2.22. The van der Waals surface area contributed by atoms with Gasteiger partial charge in [-0.15, -0.1) is 0 Å². The molecule has 1 aromatic heterocycles. The summed E-state index contributed by atoms with van der Waals surface area (Å²) < 4.78 is 11.7. The minimum atomic E-state index is -1.19. The monoisotopic (exact) mass is 409 g/mol. The lowest BCUT2D eigenvalue weighted by molar-refractivity contribution is -0.873. The Labute approximate surface area is 175 Å². The molecule has 0 saturated heterocycles. The van der Waals surface area contributed by atoms with Crippen molar-refractivity contribution in [3.05, 3.63) is 23.7 Å². The minimum Gasteiger partial charge on any atom is -0.550 e. The highest BCUT2D eigenvalue weighted by atomic mass is 16.5. The van der Waals surface area contributed by atoms with Crippen LogP contribution in [0.1, 0.15) is 76.2 Å². The van der Waals surface area contributed by atoms with Gasteiger partial charge in [-0.3, -0.25) is 4.79 Å². The number of aliphatic carboxylic acids is 1. The van der Waals surface area contributed by atoms with Gasteiger partial charge in [-0.2, -0.15) is 0 Å². The number of unbranched alkanes of at least 4 members (excludes halogenated alkanes) is 5. The molecule has 0 fully saturated rings. The van der Waals surface area contributed by atoms with E-state index >= 15 is 0 Å². The van der Waals surface area contributed by atoms with E-state index in [0.29, 0.717) is 17.4 Å². The van der Waals surface area contributed by atoms with Crippen molar-refractivity contribution in [1.82, 2.24) is 0 Å². The standard InChI is InChI=1S/C23H39NO5/c1-5-6-12-19-15-16-20(28-19)13-10-8-7-9-11-14-23(27)29-21(17-22(25)26)18-24(2,3)4/h15-16,21H,5-14,17-18H2,1-4H3. The van der Waals surface area contributed by atoms with E-state index in [1.807, 2.05) is 21.1 Å². The summed E-state index contributed by atoms with van der Waals surface area (Å²) in [4.78, 5) is 22.9. The van der Waals surface area contributed by atoms with Crippen molar-refractivity contribution in [1.29, 1.82) is 0 Å². The number of furan rings is 1. The van der Waals surface area contributed by atoms with Crippen molar-refractivity contribution >= 4 is 11.9 Å². The maximum absolute atomic E-state index is 12.0. The molecule has 0 bridgehead atoms. The Morgan fingerprint density at radius 2 is 1.59 bits per heavy atom. The number of aryl methyl sites for hydroxylation is 2. The van der Waals surface area contributed by atoms with Crippen LogP contribution in [0.2, 0.25) is 0 Å². The van der Waals surface area contributed by atoms with Gasteiger partial charge in [0.25, 0.3) is 0 Å². The molecular formula is C23H39NO5. The molecule has 0 aliphatic heterocycles. The van der Waals surface area contributed by atoms with E-state index in [2.05, 4.69) is 19.1 Å². The average Bonchev–Trinajstić information content (AvgIpc) is 3.04. The van der Waals surface area contributed by atoms with Crippen LogP contribution in [0.15, 0.2) is 16.5 Å². The number of esters is 1. The first kappa shape index (κ1) is 25.2.